The van der Waals surface area contributed by atoms with Gasteiger partial charge in [0.2, 0.25) is 0 Å². The number of benzene rings is 1. The van der Waals surface area contributed by atoms with Crippen molar-refractivity contribution in [2.45, 2.75) is 32.4 Å². The van der Waals surface area contributed by atoms with Crippen molar-refractivity contribution < 1.29 is 5.11 Å². The second-order valence-corrected chi connectivity index (χ2v) is 5.92. The molecule has 3 atom stereocenters. The quantitative estimate of drug-likeness (QED) is 0.870. The lowest BCUT2D eigenvalue weighted by Crippen LogP contribution is -2.47. The van der Waals surface area contributed by atoms with Crippen molar-refractivity contribution in [2.24, 2.45) is 5.92 Å². The summed E-state index contributed by atoms with van der Waals surface area (Å²) in [7, 11) is 2.18. The molecular formula is C16H26N2O. The standard InChI is InChI=1S/C16H26N2O/c1-12-6-4-5-7-14(12)16(19)10-17-15-8-9-18(3)11-13(15)2/h4-7,13,15-17,19H,8-11H2,1-3H3. The fraction of sp³-hybridized carbons (Fsp3) is 0.625. The van der Waals surface area contributed by atoms with Crippen molar-refractivity contribution >= 4 is 0 Å². The summed E-state index contributed by atoms with van der Waals surface area (Å²) in [5, 5.41) is 13.8. The molecule has 0 radical (unpaired) electrons. The number of aliphatic hydroxyl groups excluding tert-OH is 1. The highest BCUT2D eigenvalue weighted by Crippen LogP contribution is 2.19. The number of hydrogen-bond acceptors (Lipinski definition) is 3. The normalized spacial score (nSPS) is 26.3. The van der Waals surface area contributed by atoms with Gasteiger partial charge < -0.3 is 15.3 Å². The van der Waals surface area contributed by atoms with E-state index >= 15 is 0 Å². The van der Waals surface area contributed by atoms with Gasteiger partial charge in [-0.15, -0.1) is 0 Å². The van der Waals surface area contributed by atoms with E-state index in [-0.39, 0.29) is 0 Å². The summed E-state index contributed by atoms with van der Waals surface area (Å²) < 4.78 is 0. The van der Waals surface area contributed by atoms with Crippen LogP contribution in [0.5, 0.6) is 0 Å². The van der Waals surface area contributed by atoms with Gasteiger partial charge in [-0.3, -0.25) is 0 Å². The molecule has 19 heavy (non-hydrogen) atoms. The summed E-state index contributed by atoms with van der Waals surface area (Å²) in [4.78, 5) is 2.38. The molecule has 1 heterocycles. The van der Waals surface area contributed by atoms with E-state index in [2.05, 4.69) is 37.2 Å². The lowest BCUT2D eigenvalue weighted by Gasteiger charge is -2.35. The van der Waals surface area contributed by atoms with Gasteiger partial charge in [-0.2, -0.15) is 0 Å². The first-order chi connectivity index (χ1) is 9.08. The Morgan fingerprint density at radius 2 is 2.16 bits per heavy atom. The highest BCUT2D eigenvalue weighted by atomic mass is 16.3. The Morgan fingerprint density at radius 1 is 1.42 bits per heavy atom. The van der Waals surface area contributed by atoms with Crippen LogP contribution in [0, 0.1) is 12.8 Å². The zero-order valence-corrected chi connectivity index (χ0v) is 12.3. The predicted octanol–water partition coefficient (Wildman–Crippen LogP) is 1.96. The van der Waals surface area contributed by atoms with Gasteiger partial charge in [-0.1, -0.05) is 31.2 Å². The number of nitrogens with zero attached hydrogens (tertiary/aromatic N) is 1. The van der Waals surface area contributed by atoms with E-state index in [0.717, 1.165) is 30.6 Å². The maximum absolute atomic E-state index is 10.3. The van der Waals surface area contributed by atoms with E-state index in [9.17, 15) is 5.11 Å². The maximum Gasteiger partial charge on any atom is 0.0917 e. The molecule has 0 aliphatic carbocycles. The minimum Gasteiger partial charge on any atom is -0.387 e. The number of likely N-dealkylation sites (tertiary alicyclic amines) is 1. The smallest absolute Gasteiger partial charge is 0.0917 e. The predicted molar refractivity (Wildman–Crippen MR) is 79.2 cm³/mol. The summed E-state index contributed by atoms with van der Waals surface area (Å²) in [6.45, 7) is 7.26. The van der Waals surface area contributed by atoms with Crippen molar-refractivity contribution in [2.75, 3.05) is 26.7 Å². The number of aryl methyl sites for hydroxylation is 1. The first-order valence-corrected chi connectivity index (χ1v) is 7.23. The van der Waals surface area contributed by atoms with Crippen LogP contribution in [-0.4, -0.2) is 42.7 Å². The molecule has 106 valence electrons. The number of hydrogen-bond donors (Lipinski definition) is 2. The molecule has 1 saturated heterocycles. The van der Waals surface area contributed by atoms with Crippen LogP contribution in [-0.2, 0) is 0 Å². The molecule has 0 bridgehead atoms. The molecule has 0 amide bonds. The van der Waals surface area contributed by atoms with Gasteiger partial charge in [0.15, 0.2) is 0 Å². The lowest BCUT2D eigenvalue weighted by atomic mass is 9.93. The third-order valence-electron chi connectivity index (χ3n) is 4.23. The molecule has 3 unspecified atom stereocenters. The molecule has 0 aromatic heterocycles. The van der Waals surface area contributed by atoms with Crippen LogP contribution in [0.1, 0.15) is 30.6 Å². The molecule has 3 nitrogen and oxygen atoms in total. The van der Waals surface area contributed by atoms with E-state index in [1.54, 1.807) is 0 Å². The van der Waals surface area contributed by atoms with E-state index < -0.39 is 6.10 Å². The Kier molecular flexibility index (Phi) is 4.97. The van der Waals surface area contributed by atoms with Crippen LogP contribution in [0.25, 0.3) is 0 Å². The Hall–Kier alpha value is -0.900. The van der Waals surface area contributed by atoms with Crippen LogP contribution in [0.2, 0.25) is 0 Å². The van der Waals surface area contributed by atoms with Crippen molar-refractivity contribution in [1.29, 1.82) is 0 Å². The molecule has 0 spiro atoms. The topological polar surface area (TPSA) is 35.5 Å². The van der Waals surface area contributed by atoms with Gasteiger partial charge >= 0.3 is 0 Å². The summed E-state index contributed by atoms with van der Waals surface area (Å²) in [6.07, 6.45) is 0.756. The fourth-order valence-electron chi connectivity index (χ4n) is 2.99. The average Bonchev–Trinajstić information content (AvgIpc) is 2.38. The van der Waals surface area contributed by atoms with E-state index in [0.29, 0.717) is 18.5 Å². The molecular weight excluding hydrogens is 236 g/mol. The summed E-state index contributed by atoms with van der Waals surface area (Å²) in [5.74, 6) is 0.642. The molecule has 1 fully saturated rings. The van der Waals surface area contributed by atoms with Crippen molar-refractivity contribution in [3.63, 3.8) is 0 Å². The van der Waals surface area contributed by atoms with Gasteiger partial charge in [-0.25, -0.2) is 0 Å². The Morgan fingerprint density at radius 3 is 2.84 bits per heavy atom. The van der Waals surface area contributed by atoms with Crippen LogP contribution in [0.15, 0.2) is 24.3 Å². The molecule has 0 saturated carbocycles. The van der Waals surface area contributed by atoms with E-state index in [1.807, 2.05) is 18.2 Å². The van der Waals surface area contributed by atoms with Gasteiger partial charge in [0.1, 0.15) is 0 Å². The summed E-state index contributed by atoms with van der Waals surface area (Å²) in [6, 6.07) is 8.59. The van der Waals surface area contributed by atoms with Crippen LogP contribution < -0.4 is 5.32 Å². The Bertz CT molecular complexity index is 407. The molecule has 2 N–H and O–H groups in total. The van der Waals surface area contributed by atoms with Crippen molar-refractivity contribution in [3.8, 4) is 0 Å². The second-order valence-electron chi connectivity index (χ2n) is 5.92. The van der Waals surface area contributed by atoms with Gasteiger partial charge in [0.05, 0.1) is 6.10 Å². The lowest BCUT2D eigenvalue weighted by molar-refractivity contribution is 0.137. The molecule has 1 aromatic carbocycles. The van der Waals surface area contributed by atoms with Gasteiger partial charge in [0, 0.05) is 19.1 Å². The zero-order valence-electron chi connectivity index (χ0n) is 12.3. The fourth-order valence-corrected chi connectivity index (χ4v) is 2.99. The zero-order chi connectivity index (χ0) is 13.8. The van der Waals surface area contributed by atoms with E-state index in [1.165, 1.54) is 0 Å². The first-order valence-electron chi connectivity index (χ1n) is 7.23. The van der Waals surface area contributed by atoms with E-state index in [4.69, 9.17) is 0 Å². The molecule has 1 aliphatic rings. The van der Waals surface area contributed by atoms with Crippen LogP contribution in [0.3, 0.4) is 0 Å². The third kappa shape index (κ3) is 3.78. The SMILES string of the molecule is Cc1ccccc1C(O)CNC1CCN(C)CC1C. The summed E-state index contributed by atoms with van der Waals surface area (Å²) in [5.41, 5.74) is 2.20. The Balaban J connectivity index is 1.87. The van der Waals surface area contributed by atoms with Crippen molar-refractivity contribution in [1.82, 2.24) is 10.2 Å². The maximum atomic E-state index is 10.3. The number of nitrogens with one attached hydrogen (secondary N) is 1. The number of aliphatic hydroxyl groups is 1. The third-order valence-corrected chi connectivity index (χ3v) is 4.23. The highest BCUT2D eigenvalue weighted by Gasteiger charge is 2.24. The minimum atomic E-state index is -0.409. The Labute approximate surface area is 116 Å². The molecule has 1 aromatic rings. The number of rotatable bonds is 4. The highest BCUT2D eigenvalue weighted by molar-refractivity contribution is 5.27. The van der Waals surface area contributed by atoms with Gasteiger partial charge in [0.25, 0.3) is 0 Å². The van der Waals surface area contributed by atoms with Gasteiger partial charge in [-0.05, 0) is 44.0 Å². The molecule has 2 rings (SSSR count). The molecule has 3 heteroatoms. The summed E-state index contributed by atoms with van der Waals surface area (Å²) >= 11 is 0. The van der Waals surface area contributed by atoms with Crippen molar-refractivity contribution in [3.05, 3.63) is 35.4 Å². The minimum absolute atomic E-state index is 0.409. The second kappa shape index (κ2) is 6.51. The van der Waals surface area contributed by atoms with Crippen LogP contribution >= 0.6 is 0 Å². The largest absolute Gasteiger partial charge is 0.387 e. The molecule has 1 aliphatic heterocycles. The first kappa shape index (κ1) is 14.5. The average molecular weight is 262 g/mol. The van der Waals surface area contributed by atoms with Crippen LogP contribution in [0.4, 0.5) is 0 Å². The monoisotopic (exact) mass is 262 g/mol. The number of piperidine rings is 1.